The quantitative estimate of drug-likeness (QED) is 0.475. The van der Waals surface area contributed by atoms with Gasteiger partial charge in [-0.15, -0.1) is 0 Å². The number of alkyl halides is 2. The van der Waals surface area contributed by atoms with Crippen LogP contribution in [0.1, 0.15) is 22.5 Å². The highest BCUT2D eigenvalue weighted by molar-refractivity contribution is 14.1. The Balaban J connectivity index is 3.40. The van der Waals surface area contributed by atoms with Gasteiger partial charge >= 0.3 is 5.97 Å². The van der Waals surface area contributed by atoms with E-state index in [0.717, 1.165) is 13.2 Å². The first-order valence-electron chi connectivity index (χ1n) is 3.69. The number of aromatic nitrogens is 1. The lowest BCUT2D eigenvalue weighted by molar-refractivity contribution is 0.0579. The number of carbonyl (C=O) groups excluding carboxylic acids is 1. The standard InChI is InChI=1S/C8H5F3INO2/c1-15-8(14)6-5(7(10)11)3(9)2-4(12)13-6/h2,7H,1H3. The lowest BCUT2D eigenvalue weighted by atomic mass is 10.2. The number of hydrogen-bond acceptors (Lipinski definition) is 3. The van der Waals surface area contributed by atoms with Gasteiger partial charge in [0, 0.05) is 6.07 Å². The van der Waals surface area contributed by atoms with Gasteiger partial charge in [-0.05, 0) is 22.6 Å². The number of ether oxygens (including phenoxy) is 1. The zero-order valence-corrected chi connectivity index (χ0v) is 9.59. The largest absolute Gasteiger partial charge is 0.464 e. The number of halogens is 4. The zero-order chi connectivity index (χ0) is 11.6. The zero-order valence-electron chi connectivity index (χ0n) is 7.43. The van der Waals surface area contributed by atoms with Crippen molar-refractivity contribution in [2.24, 2.45) is 0 Å². The van der Waals surface area contributed by atoms with E-state index in [1.54, 1.807) is 22.6 Å². The molecule has 15 heavy (non-hydrogen) atoms. The van der Waals surface area contributed by atoms with Crippen LogP contribution in [0.3, 0.4) is 0 Å². The van der Waals surface area contributed by atoms with E-state index in [0.29, 0.717) is 0 Å². The van der Waals surface area contributed by atoms with Gasteiger partial charge in [-0.1, -0.05) is 0 Å². The molecule has 0 aliphatic rings. The van der Waals surface area contributed by atoms with Crippen LogP contribution in [0.5, 0.6) is 0 Å². The summed E-state index contributed by atoms with van der Waals surface area (Å²) in [6.07, 6.45) is -3.11. The van der Waals surface area contributed by atoms with E-state index in [4.69, 9.17) is 0 Å². The summed E-state index contributed by atoms with van der Waals surface area (Å²) in [5.74, 6) is -2.24. The normalized spacial score (nSPS) is 10.5. The monoisotopic (exact) mass is 331 g/mol. The van der Waals surface area contributed by atoms with E-state index in [9.17, 15) is 18.0 Å². The molecule has 0 saturated heterocycles. The Morgan fingerprint density at radius 3 is 2.67 bits per heavy atom. The summed E-state index contributed by atoms with van der Waals surface area (Å²) in [6, 6.07) is 0.828. The summed E-state index contributed by atoms with van der Waals surface area (Å²) in [5, 5.41) is 0. The molecule has 1 aromatic rings. The minimum atomic E-state index is -3.11. The van der Waals surface area contributed by atoms with Crippen LogP contribution in [-0.2, 0) is 4.74 Å². The fourth-order valence-electron chi connectivity index (χ4n) is 0.955. The van der Waals surface area contributed by atoms with Gasteiger partial charge in [0.15, 0.2) is 5.69 Å². The van der Waals surface area contributed by atoms with Gasteiger partial charge in [-0.3, -0.25) is 0 Å². The Labute approximate surface area is 96.8 Å². The van der Waals surface area contributed by atoms with Crippen molar-refractivity contribution < 1.29 is 22.7 Å². The molecular formula is C8H5F3INO2. The first kappa shape index (κ1) is 12.2. The molecule has 0 aliphatic carbocycles. The molecule has 0 N–H and O–H groups in total. The van der Waals surface area contributed by atoms with E-state index in [-0.39, 0.29) is 3.70 Å². The van der Waals surface area contributed by atoms with E-state index in [2.05, 4.69) is 9.72 Å². The Bertz CT molecular complexity index is 398. The first-order valence-corrected chi connectivity index (χ1v) is 4.77. The molecule has 0 aromatic carbocycles. The second kappa shape index (κ2) is 4.77. The van der Waals surface area contributed by atoms with Crippen LogP contribution >= 0.6 is 22.6 Å². The lowest BCUT2D eigenvalue weighted by Crippen LogP contribution is -2.12. The number of rotatable bonds is 2. The molecule has 0 bridgehead atoms. The van der Waals surface area contributed by atoms with Crippen molar-refractivity contribution in [1.29, 1.82) is 0 Å². The molecule has 0 saturated carbocycles. The van der Waals surface area contributed by atoms with Crippen LogP contribution in [0.15, 0.2) is 6.07 Å². The smallest absolute Gasteiger partial charge is 0.357 e. The first-order chi connectivity index (χ1) is 6.97. The number of nitrogens with zero attached hydrogens (tertiary/aromatic N) is 1. The highest BCUT2D eigenvalue weighted by atomic mass is 127. The van der Waals surface area contributed by atoms with E-state index in [1.165, 1.54) is 0 Å². The number of methoxy groups -OCH3 is 1. The molecule has 0 aliphatic heterocycles. The topological polar surface area (TPSA) is 39.2 Å². The summed E-state index contributed by atoms with van der Waals surface area (Å²) >= 11 is 1.62. The molecule has 1 heterocycles. The predicted molar refractivity (Wildman–Crippen MR) is 53.2 cm³/mol. The third-order valence-corrected chi connectivity index (χ3v) is 2.13. The van der Waals surface area contributed by atoms with Gasteiger partial charge in [-0.2, -0.15) is 0 Å². The maximum absolute atomic E-state index is 13.1. The Kier molecular flexibility index (Phi) is 3.89. The summed E-state index contributed by atoms with van der Waals surface area (Å²) in [6.45, 7) is 0. The molecule has 0 spiro atoms. The van der Waals surface area contributed by atoms with Gasteiger partial charge in [0.25, 0.3) is 6.43 Å². The van der Waals surface area contributed by atoms with Crippen molar-refractivity contribution in [3.63, 3.8) is 0 Å². The predicted octanol–water partition coefficient (Wildman–Crippen LogP) is 2.55. The fraction of sp³-hybridized carbons (Fsp3) is 0.250. The van der Waals surface area contributed by atoms with Crippen molar-refractivity contribution >= 4 is 28.6 Å². The summed E-state index contributed by atoms with van der Waals surface area (Å²) in [5.41, 5.74) is -1.71. The summed E-state index contributed by atoms with van der Waals surface area (Å²) in [7, 11) is 1.01. The van der Waals surface area contributed by atoms with Gasteiger partial charge in [0.2, 0.25) is 0 Å². The second-order valence-corrected chi connectivity index (χ2v) is 3.59. The van der Waals surface area contributed by atoms with Gasteiger partial charge in [-0.25, -0.2) is 22.9 Å². The van der Waals surface area contributed by atoms with Crippen molar-refractivity contribution in [3.05, 3.63) is 26.8 Å². The molecule has 0 fully saturated rings. The molecule has 3 nitrogen and oxygen atoms in total. The van der Waals surface area contributed by atoms with E-state index >= 15 is 0 Å². The van der Waals surface area contributed by atoms with E-state index < -0.39 is 29.5 Å². The molecule has 0 atom stereocenters. The summed E-state index contributed by atoms with van der Waals surface area (Å²) in [4.78, 5) is 14.6. The maximum Gasteiger partial charge on any atom is 0.357 e. The van der Waals surface area contributed by atoms with Crippen molar-refractivity contribution in [2.45, 2.75) is 6.43 Å². The van der Waals surface area contributed by atoms with Gasteiger partial charge < -0.3 is 4.74 Å². The van der Waals surface area contributed by atoms with Crippen molar-refractivity contribution in [2.75, 3.05) is 7.11 Å². The van der Waals surface area contributed by atoms with Gasteiger partial charge in [0.1, 0.15) is 9.52 Å². The molecule has 7 heteroatoms. The molecule has 1 aromatic heterocycles. The third-order valence-electron chi connectivity index (χ3n) is 1.57. The average molecular weight is 331 g/mol. The van der Waals surface area contributed by atoms with Crippen molar-refractivity contribution in [3.8, 4) is 0 Å². The highest BCUT2D eigenvalue weighted by Crippen LogP contribution is 2.26. The Hall–Kier alpha value is -0.860. The minimum absolute atomic E-state index is 0.106. The third kappa shape index (κ3) is 2.58. The number of hydrogen-bond donors (Lipinski definition) is 0. The average Bonchev–Trinajstić information content (AvgIpc) is 2.14. The Morgan fingerprint density at radius 1 is 1.60 bits per heavy atom. The Morgan fingerprint density at radius 2 is 2.20 bits per heavy atom. The highest BCUT2D eigenvalue weighted by Gasteiger charge is 2.25. The molecule has 82 valence electrons. The van der Waals surface area contributed by atoms with Crippen LogP contribution in [0.4, 0.5) is 13.2 Å². The maximum atomic E-state index is 13.1. The SMILES string of the molecule is COC(=O)c1nc(I)cc(F)c1C(F)F. The summed E-state index contributed by atoms with van der Waals surface area (Å²) < 4.78 is 42.3. The number of pyridine rings is 1. The van der Waals surface area contributed by atoms with Crippen molar-refractivity contribution in [1.82, 2.24) is 4.98 Å². The van der Waals surface area contributed by atoms with E-state index in [1.807, 2.05) is 0 Å². The van der Waals surface area contributed by atoms with Crippen LogP contribution in [0.25, 0.3) is 0 Å². The van der Waals surface area contributed by atoms with Crippen LogP contribution in [-0.4, -0.2) is 18.1 Å². The molecule has 0 unspecified atom stereocenters. The fourth-order valence-corrected chi connectivity index (χ4v) is 1.47. The van der Waals surface area contributed by atoms with Crippen LogP contribution in [0, 0.1) is 9.52 Å². The minimum Gasteiger partial charge on any atom is -0.464 e. The number of esters is 1. The molecule has 0 radical (unpaired) electrons. The molecule has 1 rings (SSSR count). The van der Waals surface area contributed by atoms with Crippen LogP contribution in [0.2, 0.25) is 0 Å². The molecular weight excluding hydrogens is 326 g/mol. The van der Waals surface area contributed by atoms with Crippen LogP contribution < -0.4 is 0 Å². The second-order valence-electron chi connectivity index (χ2n) is 2.48. The lowest BCUT2D eigenvalue weighted by Gasteiger charge is -2.07. The van der Waals surface area contributed by atoms with Gasteiger partial charge in [0.05, 0.1) is 12.7 Å². The molecule has 0 amide bonds. The number of carbonyl (C=O) groups is 1.